The van der Waals surface area contributed by atoms with Gasteiger partial charge in [0.15, 0.2) is 0 Å². The number of rotatable bonds is 5. The number of aliphatic hydroxyl groups excluding tert-OH is 1. The smallest absolute Gasteiger partial charge is 0.328 e. The minimum absolute atomic E-state index is 0.123. The molecule has 0 aromatic carbocycles. The lowest BCUT2D eigenvalue weighted by Crippen LogP contribution is -2.50. The van der Waals surface area contributed by atoms with Crippen molar-refractivity contribution in [1.29, 1.82) is 0 Å². The van der Waals surface area contributed by atoms with E-state index in [1.54, 1.807) is 0 Å². The zero-order valence-electron chi connectivity index (χ0n) is 11.7. The number of esters is 1. The molecule has 0 aromatic rings. The molecular weight excluding hydrogens is 264 g/mol. The highest BCUT2D eigenvalue weighted by Crippen LogP contribution is 2.18. The van der Waals surface area contributed by atoms with E-state index in [-0.39, 0.29) is 25.3 Å². The summed E-state index contributed by atoms with van der Waals surface area (Å²) in [5.41, 5.74) is 0. The predicted octanol–water partition coefficient (Wildman–Crippen LogP) is -0.798. The Kier molecular flexibility index (Phi) is 5.69. The van der Waals surface area contributed by atoms with Crippen molar-refractivity contribution in [1.82, 2.24) is 10.2 Å². The fourth-order valence-electron chi connectivity index (χ4n) is 2.20. The molecule has 7 heteroatoms. The molecule has 0 unspecified atom stereocenters. The number of hydrogen-bond acceptors (Lipinski definition) is 5. The second-order valence-corrected chi connectivity index (χ2v) is 4.69. The molecule has 0 saturated carbocycles. The lowest BCUT2D eigenvalue weighted by Gasteiger charge is -2.24. The van der Waals surface area contributed by atoms with E-state index in [2.05, 4.69) is 16.6 Å². The average molecular weight is 284 g/mol. The number of nitrogens with zero attached hydrogens (tertiary/aromatic N) is 1. The van der Waals surface area contributed by atoms with Crippen LogP contribution in [0.15, 0.2) is 12.7 Å². The number of nitrogens with one attached hydrogen (secondary N) is 1. The number of hydrogen-bond donors (Lipinski definition) is 2. The third kappa shape index (κ3) is 3.80. The van der Waals surface area contributed by atoms with Gasteiger partial charge in [-0.3, -0.25) is 9.59 Å². The van der Waals surface area contributed by atoms with Crippen molar-refractivity contribution in [2.24, 2.45) is 0 Å². The standard InChI is InChI=1S/C13H20N2O5/c1-4-5-10(13(19)20-3)14-12(18)11-6-9(17)7-15(11)8(2)16/h4,9-11,17H,1,5-7H2,2-3H3,(H,14,18)/t9-,10-,11+/m1/s1. The van der Waals surface area contributed by atoms with Gasteiger partial charge in [-0.1, -0.05) is 6.08 Å². The molecule has 7 nitrogen and oxygen atoms in total. The fraction of sp³-hybridized carbons (Fsp3) is 0.615. The molecule has 1 fully saturated rings. The summed E-state index contributed by atoms with van der Waals surface area (Å²) in [7, 11) is 1.23. The zero-order valence-corrected chi connectivity index (χ0v) is 11.7. The first-order chi connectivity index (χ1) is 9.40. The number of carbonyl (C=O) groups excluding carboxylic acids is 3. The minimum atomic E-state index is -0.837. The van der Waals surface area contributed by atoms with Crippen LogP contribution in [0.3, 0.4) is 0 Å². The third-order valence-electron chi connectivity index (χ3n) is 3.19. The van der Waals surface area contributed by atoms with E-state index < -0.39 is 30.1 Å². The van der Waals surface area contributed by atoms with Crippen molar-refractivity contribution < 1.29 is 24.2 Å². The van der Waals surface area contributed by atoms with Gasteiger partial charge in [0.2, 0.25) is 11.8 Å². The van der Waals surface area contributed by atoms with Crippen LogP contribution in [0.1, 0.15) is 19.8 Å². The molecule has 0 radical (unpaired) electrons. The Balaban J connectivity index is 2.75. The van der Waals surface area contributed by atoms with E-state index in [1.807, 2.05) is 0 Å². The normalized spacial score (nSPS) is 23.1. The summed E-state index contributed by atoms with van der Waals surface area (Å²) in [5, 5.41) is 12.1. The summed E-state index contributed by atoms with van der Waals surface area (Å²) in [6, 6.07) is -1.60. The van der Waals surface area contributed by atoms with E-state index in [0.29, 0.717) is 0 Å². The SMILES string of the molecule is C=CC[C@@H](NC(=O)[C@@H]1C[C@@H](O)CN1C(C)=O)C(=O)OC. The Morgan fingerprint density at radius 1 is 1.55 bits per heavy atom. The van der Waals surface area contributed by atoms with Crippen molar-refractivity contribution in [2.75, 3.05) is 13.7 Å². The summed E-state index contributed by atoms with van der Waals surface area (Å²) in [6.07, 6.45) is 1.15. The van der Waals surface area contributed by atoms with E-state index >= 15 is 0 Å². The summed E-state index contributed by atoms with van der Waals surface area (Å²) >= 11 is 0. The van der Waals surface area contributed by atoms with Crippen LogP contribution in [0.2, 0.25) is 0 Å². The molecule has 0 aromatic heterocycles. The highest BCUT2D eigenvalue weighted by Gasteiger charge is 2.38. The van der Waals surface area contributed by atoms with Gasteiger partial charge in [-0.25, -0.2) is 4.79 Å². The van der Waals surface area contributed by atoms with Crippen molar-refractivity contribution in [2.45, 2.75) is 38.0 Å². The van der Waals surface area contributed by atoms with Crippen molar-refractivity contribution in [3.63, 3.8) is 0 Å². The van der Waals surface area contributed by atoms with E-state index in [0.717, 1.165) is 0 Å². The van der Waals surface area contributed by atoms with Crippen LogP contribution in [-0.4, -0.2) is 59.6 Å². The lowest BCUT2D eigenvalue weighted by atomic mass is 10.1. The molecule has 1 aliphatic rings. The Morgan fingerprint density at radius 2 is 2.20 bits per heavy atom. The summed E-state index contributed by atoms with van der Waals surface area (Å²) < 4.78 is 4.59. The number of likely N-dealkylation sites (tertiary alicyclic amines) is 1. The number of carbonyl (C=O) groups is 3. The number of ether oxygens (including phenoxy) is 1. The fourth-order valence-corrected chi connectivity index (χ4v) is 2.20. The van der Waals surface area contributed by atoms with E-state index in [4.69, 9.17) is 0 Å². The average Bonchev–Trinajstić information content (AvgIpc) is 2.79. The molecule has 1 rings (SSSR count). The molecule has 0 bridgehead atoms. The van der Waals surface area contributed by atoms with Gasteiger partial charge in [0.05, 0.1) is 13.2 Å². The summed E-state index contributed by atoms with van der Waals surface area (Å²) in [6.45, 7) is 4.97. The molecule has 2 amide bonds. The van der Waals surface area contributed by atoms with Gasteiger partial charge in [-0.05, 0) is 6.42 Å². The van der Waals surface area contributed by atoms with Crippen molar-refractivity contribution in [3.05, 3.63) is 12.7 Å². The first-order valence-corrected chi connectivity index (χ1v) is 6.35. The number of amides is 2. The van der Waals surface area contributed by atoms with Gasteiger partial charge in [0.1, 0.15) is 12.1 Å². The summed E-state index contributed by atoms with van der Waals surface area (Å²) in [5.74, 6) is -1.35. The molecular formula is C13H20N2O5. The zero-order chi connectivity index (χ0) is 15.3. The number of β-amino-alcohol motifs (C(OH)–C–C–N with tert-alkyl or cyclic N) is 1. The van der Waals surface area contributed by atoms with Crippen LogP contribution >= 0.6 is 0 Å². The van der Waals surface area contributed by atoms with Crippen LogP contribution in [-0.2, 0) is 19.1 Å². The second-order valence-electron chi connectivity index (χ2n) is 4.69. The van der Waals surface area contributed by atoms with Gasteiger partial charge in [-0.15, -0.1) is 6.58 Å². The molecule has 3 atom stereocenters. The quantitative estimate of drug-likeness (QED) is 0.509. The molecule has 0 spiro atoms. The van der Waals surface area contributed by atoms with Crippen LogP contribution in [0.25, 0.3) is 0 Å². The second kappa shape index (κ2) is 7.04. The van der Waals surface area contributed by atoms with Gasteiger partial charge >= 0.3 is 5.97 Å². The highest BCUT2D eigenvalue weighted by atomic mass is 16.5. The van der Waals surface area contributed by atoms with E-state index in [9.17, 15) is 19.5 Å². The number of aliphatic hydroxyl groups is 1. The van der Waals surface area contributed by atoms with Gasteiger partial charge in [0.25, 0.3) is 0 Å². The number of methoxy groups -OCH3 is 1. The molecule has 112 valence electrons. The van der Waals surface area contributed by atoms with Crippen LogP contribution in [0.5, 0.6) is 0 Å². The van der Waals surface area contributed by atoms with Crippen LogP contribution in [0.4, 0.5) is 0 Å². The lowest BCUT2D eigenvalue weighted by molar-refractivity contribution is -0.146. The predicted molar refractivity (Wildman–Crippen MR) is 70.6 cm³/mol. The largest absolute Gasteiger partial charge is 0.467 e. The molecule has 1 heterocycles. The Hall–Kier alpha value is -1.89. The molecule has 1 aliphatic heterocycles. The Bertz CT molecular complexity index is 410. The molecule has 20 heavy (non-hydrogen) atoms. The Morgan fingerprint density at radius 3 is 2.70 bits per heavy atom. The molecule has 1 saturated heterocycles. The van der Waals surface area contributed by atoms with E-state index in [1.165, 1.54) is 25.0 Å². The van der Waals surface area contributed by atoms with Gasteiger partial charge in [0, 0.05) is 19.9 Å². The maximum Gasteiger partial charge on any atom is 0.328 e. The van der Waals surface area contributed by atoms with Gasteiger partial charge < -0.3 is 20.1 Å². The summed E-state index contributed by atoms with van der Waals surface area (Å²) in [4.78, 5) is 36.4. The monoisotopic (exact) mass is 284 g/mol. The van der Waals surface area contributed by atoms with Crippen LogP contribution < -0.4 is 5.32 Å². The third-order valence-corrected chi connectivity index (χ3v) is 3.19. The van der Waals surface area contributed by atoms with Crippen LogP contribution in [0, 0.1) is 0 Å². The Labute approximate surface area is 117 Å². The maximum atomic E-state index is 12.2. The van der Waals surface area contributed by atoms with Crippen molar-refractivity contribution in [3.8, 4) is 0 Å². The molecule has 2 N–H and O–H groups in total. The maximum absolute atomic E-state index is 12.2. The van der Waals surface area contributed by atoms with Gasteiger partial charge in [-0.2, -0.15) is 0 Å². The minimum Gasteiger partial charge on any atom is -0.467 e. The highest BCUT2D eigenvalue weighted by molar-refractivity contribution is 5.90. The van der Waals surface area contributed by atoms with Crippen molar-refractivity contribution >= 4 is 17.8 Å². The molecule has 0 aliphatic carbocycles. The first kappa shape index (κ1) is 16.2. The first-order valence-electron chi connectivity index (χ1n) is 6.35. The topological polar surface area (TPSA) is 95.9 Å².